The van der Waals surface area contributed by atoms with Gasteiger partial charge >= 0.3 is 0 Å². The number of nitrogens with one attached hydrogen (secondary N) is 1. The number of carbonyl (C=O) groups excluding carboxylic acids is 2. The van der Waals surface area contributed by atoms with Crippen molar-refractivity contribution >= 4 is 17.6 Å². The summed E-state index contributed by atoms with van der Waals surface area (Å²) in [6.45, 7) is 7.16. The molecule has 5 nitrogen and oxygen atoms in total. The standard InChI is InChI=1S/C27H37N3O2/c1-17-15-19-20-9-8-18(16-23(31)29-22-7-5-6-14-28-22)26(20,2)12-10-21(19)27(3)13-11-24(32)30(4)25(17)27/h5-7,14,18-21H,8-13,15-16H2,1-4H3,(H,28,29,31)/t18-,19?,20+,21?,26-,27-/m1/s1. The van der Waals surface area contributed by atoms with Crippen LogP contribution in [0.4, 0.5) is 5.82 Å². The van der Waals surface area contributed by atoms with Crippen molar-refractivity contribution in [2.24, 2.45) is 34.5 Å². The van der Waals surface area contributed by atoms with Crippen molar-refractivity contribution in [2.75, 3.05) is 12.4 Å². The van der Waals surface area contributed by atoms with Gasteiger partial charge in [-0.1, -0.05) is 25.5 Å². The number of pyridine rings is 1. The number of amides is 2. The van der Waals surface area contributed by atoms with Crippen molar-refractivity contribution < 1.29 is 9.59 Å². The predicted molar refractivity (Wildman–Crippen MR) is 125 cm³/mol. The van der Waals surface area contributed by atoms with E-state index < -0.39 is 0 Å². The molecule has 2 heterocycles. The SMILES string of the molecule is CC1=C2N(C)C(=O)CC[C@]2(C)C2CC[C@]3(C)[C@@H](CC(=O)Nc4ccccn4)CC[C@H]3C2C1. The van der Waals surface area contributed by atoms with E-state index in [9.17, 15) is 9.59 Å². The van der Waals surface area contributed by atoms with Crippen molar-refractivity contribution in [3.05, 3.63) is 35.7 Å². The van der Waals surface area contributed by atoms with Gasteiger partial charge in [0.1, 0.15) is 5.82 Å². The van der Waals surface area contributed by atoms with Crippen LogP contribution in [-0.2, 0) is 9.59 Å². The van der Waals surface area contributed by atoms with Gasteiger partial charge in [-0.25, -0.2) is 4.98 Å². The molecule has 0 aromatic carbocycles. The number of hydrogen-bond acceptors (Lipinski definition) is 3. The monoisotopic (exact) mass is 435 g/mol. The minimum Gasteiger partial charge on any atom is -0.319 e. The maximum Gasteiger partial charge on any atom is 0.226 e. The molecular weight excluding hydrogens is 398 g/mol. The Morgan fingerprint density at radius 3 is 2.75 bits per heavy atom. The summed E-state index contributed by atoms with van der Waals surface area (Å²) in [5, 5.41) is 3.00. The molecule has 0 spiro atoms. The van der Waals surface area contributed by atoms with E-state index in [1.165, 1.54) is 30.5 Å². The lowest BCUT2D eigenvalue weighted by Crippen LogP contribution is -2.54. The van der Waals surface area contributed by atoms with Crippen LogP contribution in [0.25, 0.3) is 0 Å². The molecule has 2 amide bonds. The molecule has 1 N–H and O–H groups in total. The van der Waals surface area contributed by atoms with E-state index in [4.69, 9.17) is 0 Å². The lowest BCUT2D eigenvalue weighted by molar-refractivity contribution is -0.136. The van der Waals surface area contributed by atoms with Crippen LogP contribution < -0.4 is 5.32 Å². The molecule has 1 aromatic heterocycles. The van der Waals surface area contributed by atoms with Crippen LogP contribution >= 0.6 is 0 Å². The molecular formula is C27H37N3O2. The molecule has 5 heteroatoms. The molecule has 32 heavy (non-hydrogen) atoms. The molecule has 1 aliphatic heterocycles. The van der Waals surface area contributed by atoms with Gasteiger partial charge in [-0.05, 0) is 86.7 Å². The summed E-state index contributed by atoms with van der Waals surface area (Å²) in [6.07, 6.45) is 9.86. The van der Waals surface area contributed by atoms with Crippen molar-refractivity contribution in [3.8, 4) is 0 Å². The van der Waals surface area contributed by atoms with Gasteiger partial charge in [-0.15, -0.1) is 0 Å². The molecule has 2 saturated carbocycles. The molecule has 3 aliphatic carbocycles. The summed E-state index contributed by atoms with van der Waals surface area (Å²) in [4.78, 5) is 31.5. The Balaban J connectivity index is 1.36. The molecule has 6 atom stereocenters. The van der Waals surface area contributed by atoms with Gasteiger partial charge in [-0.3, -0.25) is 9.59 Å². The highest BCUT2D eigenvalue weighted by atomic mass is 16.2. The molecule has 4 aliphatic rings. The number of likely N-dealkylation sites (tertiary alicyclic amines) is 1. The average Bonchev–Trinajstić information content (AvgIpc) is 3.08. The van der Waals surface area contributed by atoms with Crippen molar-refractivity contribution in [2.45, 2.75) is 72.1 Å². The fourth-order valence-electron chi connectivity index (χ4n) is 8.41. The summed E-state index contributed by atoms with van der Waals surface area (Å²) >= 11 is 0. The van der Waals surface area contributed by atoms with Gasteiger partial charge in [0.15, 0.2) is 0 Å². The van der Waals surface area contributed by atoms with Crippen LogP contribution in [-0.4, -0.2) is 28.7 Å². The van der Waals surface area contributed by atoms with E-state index in [1.54, 1.807) is 6.20 Å². The Bertz CT molecular complexity index is 957. The minimum absolute atomic E-state index is 0.0964. The number of fused-ring (bicyclic) bond motifs is 5. The van der Waals surface area contributed by atoms with Crippen molar-refractivity contribution in [3.63, 3.8) is 0 Å². The Hall–Kier alpha value is -2.17. The van der Waals surface area contributed by atoms with Gasteiger partial charge in [0.2, 0.25) is 11.8 Å². The number of aromatic nitrogens is 1. The second-order valence-corrected chi connectivity index (χ2v) is 11.4. The molecule has 172 valence electrons. The molecule has 0 bridgehead atoms. The third kappa shape index (κ3) is 3.22. The third-order valence-electron chi connectivity index (χ3n) is 9.87. The van der Waals surface area contributed by atoms with E-state index in [-0.39, 0.29) is 22.6 Å². The highest BCUT2D eigenvalue weighted by Crippen LogP contribution is 2.67. The van der Waals surface area contributed by atoms with E-state index in [0.29, 0.717) is 42.3 Å². The molecule has 1 aromatic rings. The second kappa shape index (κ2) is 7.71. The lowest BCUT2D eigenvalue weighted by atomic mass is 9.48. The summed E-state index contributed by atoms with van der Waals surface area (Å²) < 4.78 is 0. The van der Waals surface area contributed by atoms with Crippen LogP contribution in [0.2, 0.25) is 0 Å². The third-order valence-corrected chi connectivity index (χ3v) is 9.87. The summed E-state index contributed by atoms with van der Waals surface area (Å²) in [7, 11) is 1.98. The number of anilines is 1. The van der Waals surface area contributed by atoms with Gasteiger partial charge < -0.3 is 10.2 Å². The molecule has 2 unspecified atom stereocenters. The number of piperidine rings is 1. The lowest BCUT2D eigenvalue weighted by Gasteiger charge is -2.59. The Morgan fingerprint density at radius 1 is 1.19 bits per heavy atom. The van der Waals surface area contributed by atoms with Crippen molar-refractivity contribution in [1.29, 1.82) is 0 Å². The van der Waals surface area contributed by atoms with Crippen LogP contribution in [0.15, 0.2) is 35.7 Å². The molecule has 1 saturated heterocycles. The first-order valence-corrected chi connectivity index (χ1v) is 12.4. The zero-order valence-corrected chi connectivity index (χ0v) is 20.0. The van der Waals surface area contributed by atoms with E-state index in [2.05, 4.69) is 31.1 Å². The van der Waals surface area contributed by atoms with E-state index in [0.717, 1.165) is 19.3 Å². The first-order chi connectivity index (χ1) is 15.2. The van der Waals surface area contributed by atoms with Crippen molar-refractivity contribution in [1.82, 2.24) is 9.88 Å². The first-order valence-electron chi connectivity index (χ1n) is 12.4. The number of nitrogens with zero attached hydrogens (tertiary/aromatic N) is 2. The Kier molecular flexibility index (Phi) is 5.22. The number of carbonyl (C=O) groups is 2. The fraction of sp³-hybridized carbons (Fsp3) is 0.667. The largest absolute Gasteiger partial charge is 0.319 e. The molecule has 5 rings (SSSR count). The number of allylic oxidation sites excluding steroid dienone is 2. The van der Waals surface area contributed by atoms with E-state index in [1.807, 2.05) is 30.1 Å². The number of rotatable bonds is 3. The zero-order chi connectivity index (χ0) is 22.7. The molecule has 3 fully saturated rings. The predicted octanol–water partition coefficient (Wildman–Crippen LogP) is 5.41. The van der Waals surface area contributed by atoms with Crippen LogP contribution in [0.1, 0.15) is 72.1 Å². The van der Waals surface area contributed by atoms with Gasteiger partial charge in [-0.2, -0.15) is 0 Å². The Labute approximate surface area is 192 Å². The number of hydrogen-bond donors (Lipinski definition) is 1. The fourth-order valence-corrected chi connectivity index (χ4v) is 8.41. The first kappa shape index (κ1) is 21.7. The van der Waals surface area contributed by atoms with Crippen LogP contribution in [0, 0.1) is 34.5 Å². The summed E-state index contributed by atoms with van der Waals surface area (Å²) in [5.41, 5.74) is 3.09. The van der Waals surface area contributed by atoms with Crippen LogP contribution in [0.5, 0.6) is 0 Å². The smallest absolute Gasteiger partial charge is 0.226 e. The molecule has 0 radical (unpaired) electrons. The topological polar surface area (TPSA) is 62.3 Å². The average molecular weight is 436 g/mol. The minimum atomic E-state index is 0.0964. The highest BCUT2D eigenvalue weighted by Gasteiger charge is 2.60. The summed E-state index contributed by atoms with van der Waals surface area (Å²) in [6, 6.07) is 5.62. The quantitative estimate of drug-likeness (QED) is 0.691. The normalized spacial score (nSPS) is 38.8. The highest BCUT2D eigenvalue weighted by molar-refractivity contribution is 5.89. The van der Waals surface area contributed by atoms with E-state index >= 15 is 0 Å². The van der Waals surface area contributed by atoms with Gasteiger partial charge in [0.05, 0.1) is 0 Å². The van der Waals surface area contributed by atoms with Gasteiger partial charge in [0, 0.05) is 37.2 Å². The summed E-state index contributed by atoms with van der Waals surface area (Å²) in [5.74, 6) is 3.44. The maximum absolute atomic E-state index is 12.8. The second-order valence-electron chi connectivity index (χ2n) is 11.4. The maximum atomic E-state index is 12.8. The Morgan fingerprint density at radius 2 is 2.00 bits per heavy atom. The zero-order valence-electron chi connectivity index (χ0n) is 20.0. The van der Waals surface area contributed by atoms with Crippen LogP contribution in [0.3, 0.4) is 0 Å². The van der Waals surface area contributed by atoms with Gasteiger partial charge in [0.25, 0.3) is 0 Å².